The van der Waals surface area contributed by atoms with Crippen LogP contribution in [0, 0.1) is 13.8 Å². The Morgan fingerprint density at radius 3 is 2.40 bits per heavy atom. The number of aromatic nitrogens is 2. The van der Waals surface area contributed by atoms with Crippen molar-refractivity contribution in [3.8, 4) is 17.2 Å². The number of aryl methyl sites for hydroxylation is 2. The van der Waals surface area contributed by atoms with Crippen LogP contribution in [0.5, 0.6) is 17.2 Å². The molecule has 30 heavy (non-hydrogen) atoms. The summed E-state index contributed by atoms with van der Waals surface area (Å²) in [6, 6.07) is 15.1. The van der Waals surface area contributed by atoms with E-state index < -0.39 is 0 Å². The summed E-state index contributed by atoms with van der Waals surface area (Å²) < 4.78 is 16.8. The van der Waals surface area contributed by atoms with E-state index in [9.17, 15) is 4.79 Å². The maximum atomic E-state index is 12.6. The molecule has 1 saturated heterocycles. The van der Waals surface area contributed by atoms with E-state index in [-0.39, 0.29) is 18.4 Å². The van der Waals surface area contributed by atoms with Crippen LogP contribution in [-0.4, -0.2) is 40.6 Å². The van der Waals surface area contributed by atoms with Crippen LogP contribution in [0.4, 0.5) is 0 Å². The van der Waals surface area contributed by atoms with Gasteiger partial charge in [0.05, 0.1) is 5.92 Å². The van der Waals surface area contributed by atoms with Gasteiger partial charge in [-0.2, -0.15) is 4.98 Å². The van der Waals surface area contributed by atoms with Crippen LogP contribution in [0.3, 0.4) is 0 Å². The van der Waals surface area contributed by atoms with Crippen LogP contribution in [0.1, 0.15) is 36.0 Å². The number of amides is 1. The number of hydrogen-bond donors (Lipinski definition) is 0. The lowest BCUT2D eigenvalue weighted by Crippen LogP contribution is -2.41. The van der Waals surface area contributed by atoms with Gasteiger partial charge in [0.25, 0.3) is 5.91 Å². The predicted molar refractivity (Wildman–Crippen MR) is 111 cm³/mol. The van der Waals surface area contributed by atoms with Gasteiger partial charge in [-0.25, -0.2) is 0 Å². The van der Waals surface area contributed by atoms with E-state index in [1.54, 1.807) is 19.1 Å². The minimum Gasteiger partial charge on any atom is -0.484 e. The van der Waals surface area contributed by atoms with E-state index in [0.717, 1.165) is 25.1 Å². The molecule has 0 aliphatic carbocycles. The molecule has 3 aromatic rings. The molecule has 2 aromatic carbocycles. The quantitative estimate of drug-likeness (QED) is 0.607. The number of piperidine rings is 1. The topological polar surface area (TPSA) is 77.7 Å². The summed E-state index contributed by atoms with van der Waals surface area (Å²) in [5.41, 5.74) is 1.18. The van der Waals surface area contributed by atoms with Gasteiger partial charge in [-0.3, -0.25) is 4.79 Å². The Hall–Kier alpha value is -3.35. The fourth-order valence-corrected chi connectivity index (χ4v) is 3.47. The Bertz CT molecular complexity index is 982. The highest BCUT2D eigenvalue weighted by Crippen LogP contribution is 2.26. The highest BCUT2D eigenvalue weighted by Gasteiger charge is 2.28. The average Bonchev–Trinajstić information content (AvgIpc) is 3.21. The molecule has 1 aliphatic heterocycles. The number of nitrogens with zero attached hydrogens (tertiary/aromatic N) is 3. The molecule has 1 amide bonds. The molecule has 1 unspecified atom stereocenters. The summed E-state index contributed by atoms with van der Waals surface area (Å²) >= 11 is 0. The minimum absolute atomic E-state index is 0.00620. The first kappa shape index (κ1) is 19.9. The zero-order valence-corrected chi connectivity index (χ0v) is 17.2. The lowest BCUT2D eigenvalue weighted by atomic mass is 9.98. The van der Waals surface area contributed by atoms with Crippen molar-refractivity contribution in [3.63, 3.8) is 0 Å². The minimum atomic E-state index is -0.0454. The molecule has 0 radical (unpaired) electrons. The van der Waals surface area contributed by atoms with Gasteiger partial charge in [-0.1, -0.05) is 22.9 Å². The first-order chi connectivity index (χ1) is 14.6. The number of ether oxygens (including phenoxy) is 2. The maximum Gasteiger partial charge on any atom is 0.260 e. The number of rotatable bonds is 6. The van der Waals surface area contributed by atoms with Crippen LogP contribution >= 0.6 is 0 Å². The molecule has 156 valence electrons. The van der Waals surface area contributed by atoms with Gasteiger partial charge in [-0.15, -0.1) is 0 Å². The van der Waals surface area contributed by atoms with Crippen molar-refractivity contribution in [1.82, 2.24) is 15.0 Å². The largest absolute Gasteiger partial charge is 0.484 e. The summed E-state index contributed by atoms with van der Waals surface area (Å²) in [5, 5.41) is 3.85. The van der Waals surface area contributed by atoms with Crippen molar-refractivity contribution in [2.45, 2.75) is 32.6 Å². The summed E-state index contributed by atoms with van der Waals surface area (Å²) in [4.78, 5) is 18.7. The lowest BCUT2D eigenvalue weighted by molar-refractivity contribution is -0.134. The summed E-state index contributed by atoms with van der Waals surface area (Å²) in [7, 11) is 0. The van der Waals surface area contributed by atoms with E-state index in [4.69, 9.17) is 14.0 Å². The molecule has 1 aromatic heterocycles. The first-order valence-electron chi connectivity index (χ1n) is 10.1. The summed E-state index contributed by atoms with van der Waals surface area (Å²) in [5.74, 6) is 3.38. The van der Waals surface area contributed by atoms with Crippen LogP contribution in [-0.2, 0) is 4.79 Å². The second kappa shape index (κ2) is 8.98. The van der Waals surface area contributed by atoms with Gasteiger partial charge in [0.1, 0.15) is 17.2 Å². The van der Waals surface area contributed by atoms with Crippen molar-refractivity contribution in [1.29, 1.82) is 0 Å². The van der Waals surface area contributed by atoms with Gasteiger partial charge in [0.15, 0.2) is 12.4 Å². The fraction of sp³-hybridized carbons (Fsp3) is 0.348. The second-order valence-electron chi connectivity index (χ2n) is 7.53. The molecule has 0 spiro atoms. The number of likely N-dealkylation sites (tertiary alicyclic amines) is 1. The summed E-state index contributed by atoms with van der Waals surface area (Å²) in [6.07, 6.45) is 1.84. The molecule has 0 saturated carbocycles. The molecule has 1 aliphatic rings. The molecule has 1 fully saturated rings. The third kappa shape index (κ3) is 4.97. The van der Waals surface area contributed by atoms with Crippen molar-refractivity contribution in [2.75, 3.05) is 19.7 Å². The molecular weight excluding hydrogens is 382 g/mol. The van der Waals surface area contributed by atoms with Crippen molar-refractivity contribution < 1.29 is 18.8 Å². The molecule has 4 rings (SSSR count). The van der Waals surface area contributed by atoms with E-state index >= 15 is 0 Å². The van der Waals surface area contributed by atoms with E-state index in [1.165, 1.54) is 5.56 Å². The number of carbonyl (C=O) groups excluding carboxylic acids is 1. The highest BCUT2D eigenvalue weighted by molar-refractivity contribution is 5.78. The normalized spacial score (nSPS) is 16.3. The second-order valence-corrected chi connectivity index (χ2v) is 7.53. The molecule has 0 bridgehead atoms. The van der Waals surface area contributed by atoms with Gasteiger partial charge < -0.3 is 18.9 Å². The Morgan fingerprint density at radius 2 is 1.73 bits per heavy atom. The zero-order valence-electron chi connectivity index (χ0n) is 17.2. The molecule has 2 heterocycles. The third-order valence-corrected chi connectivity index (χ3v) is 5.11. The molecule has 1 atom stereocenters. The highest BCUT2D eigenvalue weighted by atomic mass is 16.5. The Labute approximate surface area is 175 Å². The van der Waals surface area contributed by atoms with Crippen LogP contribution < -0.4 is 9.47 Å². The van der Waals surface area contributed by atoms with Gasteiger partial charge in [0.2, 0.25) is 5.89 Å². The SMILES string of the molecule is Cc1ccc(Oc2ccc(OCC(=O)N3CCCC(c4nc(C)no4)C3)cc2)cc1. The van der Waals surface area contributed by atoms with Crippen LogP contribution in [0.15, 0.2) is 53.1 Å². The van der Waals surface area contributed by atoms with Crippen molar-refractivity contribution >= 4 is 5.91 Å². The molecule has 7 heteroatoms. The summed E-state index contributed by atoms with van der Waals surface area (Å²) in [6.45, 7) is 5.12. The van der Waals surface area contributed by atoms with E-state index in [0.29, 0.717) is 29.8 Å². The fourth-order valence-electron chi connectivity index (χ4n) is 3.47. The zero-order chi connectivity index (χ0) is 20.9. The molecule has 7 nitrogen and oxygen atoms in total. The predicted octanol–water partition coefficient (Wildman–Crippen LogP) is 4.26. The Balaban J connectivity index is 1.28. The van der Waals surface area contributed by atoms with E-state index in [2.05, 4.69) is 10.1 Å². The van der Waals surface area contributed by atoms with Gasteiger partial charge in [0, 0.05) is 13.1 Å². The van der Waals surface area contributed by atoms with Crippen molar-refractivity contribution in [3.05, 3.63) is 65.8 Å². The smallest absolute Gasteiger partial charge is 0.260 e. The molecular formula is C23H25N3O4. The maximum absolute atomic E-state index is 12.6. The van der Waals surface area contributed by atoms with Crippen molar-refractivity contribution in [2.24, 2.45) is 0 Å². The molecule has 0 N–H and O–H groups in total. The van der Waals surface area contributed by atoms with Gasteiger partial charge >= 0.3 is 0 Å². The van der Waals surface area contributed by atoms with Crippen LogP contribution in [0.25, 0.3) is 0 Å². The Morgan fingerprint density at radius 1 is 1.07 bits per heavy atom. The number of carbonyl (C=O) groups is 1. The number of benzene rings is 2. The van der Waals surface area contributed by atoms with E-state index in [1.807, 2.05) is 48.2 Å². The lowest BCUT2D eigenvalue weighted by Gasteiger charge is -2.30. The van der Waals surface area contributed by atoms with Gasteiger partial charge in [-0.05, 0) is 63.1 Å². The Kier molecular flexibility index (Phi) is 5.97. The number of hydrogen-bond acceptors (Lipinski definition) is 6. The third-order valence-electron chi connectivity index (χ3n) is 5.11. The van der Waals surface area contributed by atoms with Crippen LogP contribution in [0.2, 0.25) is 0 Å². The monoisotopic (exact) mass is 407 g/mol. The standard InChI is InChI=1S/C23H25N3O4/c1-16-5-7-20(8-6-16)29-21-11-9-19(10-12-21)28-15-22(27)26-13-3-4-18(14-26)23-24-17(2)25-30-23/h5-12,18H,3-4,13-15H2,1-2H3. The average molecular weight is 407 g/mol. The first-order valence-corrected chi connectivity index (χ1v) is 10.1.